The zero-order valence-corrected chi connectivity index (χ0v) is 12.0. The lowest BCUT2D eigenvalue weighted by atomic mass is 10.0. The summed E-state index contributed by atoms with van der Waals surface area (Å²) in [4.78, 5) is 0.473. The lowest BCUT2D eigenvalue weighted by Gasteiger charge is -2.17. The van der Waals surface area contributed by atoms with Crippen molar-refractivity contribution < 1.29 is 9.50 Å². The van der Waals surface area contributed by atoms with Crippen LogP contribution in [-0.4, -0.2) is 11.7 Å². The molecule has 0 aromatic carbocycles. The predicted octanol–water partition coefficient (Wildman–Crippen LogP) is 2.96. The summed E-state index contributed by atoms with van der Waals surface area (Å²) >= 11 is 7.50. The second kappa shape index (κ2) is 5.51. The third-order valence-corrected chi connectivity index (χ3v) is 5.08. The monoisotopic (exact) mass is 276 g/mol. The Morgan fingerprint density at radius 3 is 2.65 bits per heavy atom. The lowest BCUT2D eigenvalue weighted by molar-refractivity contribution is 0.137. The van der Waals surface area contributed by atoms with Crippen molar-refractivity contribution in [1.29, 1.82) is 0 Å². The van der Waals surface area contributed by atoms with E-state index in [1.807, 2.05) is 13.8 Å². The van der Waals surface area contributed by atoms with Crippen LogP contribution in [0.1, 0.15) is 38.5 Å². The van der Waals surface area contributed by atoms with Gasteiger partial charge in [-0.3, -0.25) is 0 Å². The number of halogens is 2. The molecule has 0 radical (unpaired) electrons. The van der Waals surface area contributed by atoms with Gasteiger partial charge in [-0.25, -0.2) is 4.39 Å². The Labute approximate surface area is 110 Å². The first-order valence-corrected chi connectivity index (χ1v) is 6.81. The van der Waals surface area contributed by atoms with E-state index in [-0.39, 0.29) is 13.0 Å². The molecule has 4 heteroatoms. The molecule has 1 rings (SSSR count). The quantitative estimate of drug-likeness (QED) is 0.896. The SMILES string of the molecule is C=c1c(Cl)c(C(C)(F)CCO)s/c1=C(\C)CC. The molecule has 0 aliphatic heterocycles. The Balaban J connectivity index is 3.45. The first-order valence-electron chi connectivity index (χ1n) is 5.62. The fourth-order valence-electron chi connectivity index (χ4n) is 1.61. The Morgan fingerprint density at radius 1 is 1.59 bits per heavy atom. The van der Waals surface area contributed by atoms with E-state index in [0.29, 0.717) is 15.1 Å². The number of hydrogen-bond donors (Lipinski definition) is 1. The summed E-state index contributed by atoms with van der Waals surface area (Å²) in [6, 6.07) is 0. The van der Waals surface area contributed by atoms with Crippen molar-refractivity contribution in [1.82, 2.24) is 0 Å². The third-order valence-electron chi connectivity index (χ3n) is 2.92. The van der Waals surface area contributed by atoms with E-state index < -0.39 is 5.67 Å². The van der Waals surface area contributed by atoms with Crippen LogP contribution >= 0.6 is 22.9 Å². The number of rotatable bonds is 4. The normalized spacial score (nSPS) is 16.8. The van der Waals surface area contributed by atoms with Crippen molar-refractivity contribution in [2.24, 2.45) is 0 Å². The van der Waals surface area contributed by atoms with E-state index in [4.69, 9.17) is 16.7 Å². The summed E-state index contributed by atoms with van der Waals surface area (Å²) in [5.41, 5.74) is -0.428. The molecule has 0 fully saturated rings. The first-order chi connectivity index (χ1) is 7.85. The molecule has 0 saturated heterocycles. The molecule has 17 heavy (non-hydrogen) atoms. The van der Waals surface area contributed by atoms with Crippen LogP contribution in [0.3, 0.4) is 0 Å². The van der Waals surface area contributed by atoms with Crippen LogP contribution in [0.15, 0.2) is 0 Å². The molecule has 1 heterocycles. The second-order valence-corrected chi connectivity index (χ2v) is 5.76. The number of aliphatic hydroxyl groups is 1. The maximum atomic E-state index is 14.4. The van der Waals surface area contributed by atoms with Gasteiger partial charge in [-0.05, 0) is 20.3 Å². The highest BCUT2D eigenvalue weighted by molar-refractivity contribution is 7.10. The molecule has 1 nitrogen and oxygen atoms in total. The highest BCUT2D eigenvalue weighted by Crippen LogP contribution is 2.34. The highest BCUT2D eigenvalue weighted by Gasteiger charge is 2.30. The van der Waals surface area contributed by atoms with Crippen molar-refractivity contribution in [3.05, 3.63) is 19.7 Å². The standard InChI is InChI=1S/C13H18ClFOS/c1-5-8(2)11-9(3)10(14)12(17-11)13(4,15)6-7-16/h16H,3,5-7H2,1-2,4H3/b11-8+. The van der Waals surface area contributed by atoms with Crippen LogP contribution in [-0.2, 0) is 5.67 Å². The van der Waals surface area contributed by atoms with Crippen LogP contribution in [0.4, 0.5) is 4.39 Å². The average molecular weight is 277 g/mol. The third kappa shape index (κ3) is 2.90. The highest BCUT2D eigenvalue weighted by atomic mass is 35.5. The van der Waals surface area contributed by atoms with Crippen molar-refractivity contribution in [3.8, 4) is 0 Å². The minimum Gasteiger partial charge on any atom is -0.396 e. The largest absolute Gasteiger partial charge is 0.396 e. The topological polar surface area (TPSA) is 20.2 Å². The molecular weight excluding hydrogens is 259 g/mol. The summed E-state index contributed by atoms with van der Waals surface area (Å²) < 4.78 is 15.3. The van der Waals surface area contributed by atoms with Gasteiger partial charge in [0.05, 0.1) is 9.90 Å². The van der Waals surface area contributed by atoms with E-state index in [9.17, 15) is 4.39 Å². The van der Waals surface area contributed by atoms with Gasteiger partial charge in [-0.15, -0.1) is 11.3 Å². The van der Waals surface area contributed by atoms with E-state index in [0.717, 1.165) is 16.5 Å². The van der Waals surface area contributed by atoms with Gasteiger partial charge in [0.15, 0.2) is 0 Å². The maximum absolute atomic E-state index is 14.4. The molecule has 0 aliphatic carbocycles. The molecule has 1 atom stereocenters. The molecule has 0 saturated carbocycles. The van der Waals surface area contributed by atoms with Gasteiger partial charge < -0.3 is 5.11 Å². The zero-order chi connectivity index (χ0) is 13.2. The number of aliphatic hydroxyl groups excluding tert-OH is 1. The fraction of sp³-hybridized carbons (Fsp3) is 0.538. The molecule has 0 aliphatic rings. The molecule has 1 aromatic heterocycles. The Morgan fingerprint density at radius 2 is 2.18 bits per heavy atom. The summed E-state index contributed by atoms with van der Waals surface area (Å²) in [6.45, 7) is 9.22. The van der Waals surface area contributed by atoms with Crippen molar-refractivity contribution >= 4 is 35.1 Å². The molecule has 1 aromatic rings. The van der Waals surface area contributed by atoms with Gasteiger partial charge >= 0.3 is 0 Å². The molecular formula is C13H18ClFOS. The molecule has 0 bridgehead atoms. The predicted molar refractivity (Wildman–Crippen MR) is 73.6 cm³/mol. The summed E-state index contributed by atoms with van der Waals surface area (Å²) in [7, 11) is 0. The Bertz CT molecular complexity index is 504. The molecule has 0 spiro atoms. The van der Waals surface area contributed by atoms with Gasteiger partial charge in [0.2, 0.25) is 0 Å². The Hall–Kier alpha value is -0.380. The molecule has 96 valence electrons. The summed E-state index contributed by atoms with van der Waals surface area (Å²) in [6.07, 6.45) is 0.944. The van der Waals surface area contributed by atoms with E-state index in [1.54, 1.807) is 0 Å². The van der Waals surface area contributed by atoms with Gasteiger partial charge in [0.1, 0.15) is 5.67 Å². The van der Waals surface area contributed by atoms with Gasteiger partial charge in [-0.1, -0.05) is 30.7 Å². The smallest absolute Gasteiger partial charge is 0.146 e. The van der Waals surface area contributed by atoms with Crippen LogP contribution in [0.5, 0.6) is 0 Å². The first kappa shape index (κ1) is 14.7. The van der Waals surface area contributed by atoms with Crippen molar-refractivity contribution in [2.75, 3.05) is 6.61 Å². The molecule has 1 N–H and O–H groups in total. The average Bonchev–Trinajstić information content (AvgIpc) is 2.56. The van der Waals surface area contributed by atoms with Crippen molar-refractivity contribution in [2.45, 2.75) is 39.3 Å². The van der Waals surface area contributed by atoms with Crippen LogP contribution in [0.2, 0.25) is 5.02 Å². The fourth-order valence-corrected chi connectivity index (χ4v) is 3.35. The minimum atomic E-state index is -1.59. The van der Waals surface area contributed by atoms with Crippen LogP contribution in [0.25, 0.3) is 12.2 Å². The van der Waals surface area contributed by atoms with Gasteiger partial charge in [0.25, 0.3) is 0 Å². The minimum absolute atomic E-state index is 0.0529. The number of hydrogen-bond acceptors (Lipinski definition) is 2. The zero-order valence-electron chi connectivity index (χ0n) is 10.4. The van der Waals surface area contributed by atoms with E-state index >= 15 is 0 Å². The Kier molecular flexibility index (Phi) is 4.76. The van der Waals surface area contributed by atoms with E-state index in [2.05, 4.69) is 6.58 Å². The summed E-state index contributed by atoms with van der Waals surface area (Å²) in [5, 5.41) is 9.99. The number of alkyl halides is 1. The van der Waals surface area contributed by atoms with Gasteiger partial charge in [0, 0.05) is 22.8 Å². The maximum Gasteiger partial charge on any atom is 0.146 e. The molecule has 1 unspecified atom stereocenters. The van der Waals surface area contributed by atoms with E-state index in [1.165, 1.54) is 18.3 Å². The van der Waals surface area contributed by atoms with Gasteiger partial charge in [-0.2, -0.15) is 0 Å². The summed E-state index contributed by atoms with van der Waals surface area (Å²) in [5.74, 6) is 0. The second-order valence-electron chi connectivity index (χ2n) is 4.36. The van der Waals surface area contributed by atoms with Crippen LogP contribution in [0, 0.1) is 0 Å². The van der Waals surface area contributed by atoms with Crippen molar-refractivity contribution in [3.63, 3.8) is 0 Å². The lowest BCUT2D eigenvalue weighted by Crippen LogP contribution is -2.19. The molecule has 0 amide bonds. The number of thiophene rings is 1. The van der Waals surface area contributed by atoms with Crippen LogP contribution < -0.4 is 9.75 Å².